The maximum atomic E-state index is 13.0. The van der Waals surface area contributed by atoms with Crippen LogP contribution in [0.2, 0.25) is 5.02 Å². The van der Waals surface area contributed by atoms with Crippen LogP contribution in [0.1, 0.15) is 19.4 Å². The second-order valence-electron chi connectivity index (χ2n) is 6.02. The predicted molar refractivity (Wildman–Crippen MR) is 109 cm³/mol. The number of rotatable bonds is 4. The summed E-state index contributed by atoms with van der Waals surface area (Å²) in [5.74, 6) is -0.290. The van der Waals surface area contributed by atoms with E-state index < -0.39 is 6.04 Å². The Morgan fingerprint density at radius 2 is 2.15 bits per heavy atom. The Labute approximate surface area is 163 Å². The van der Waals surface area contributed by atoms with E-state index in [1.54, 1.807) is 30.5 Å². The van der Waals surface area contributed by atoms with Gasteiger partial charge in [0.05, 0.1) is 11.8 Å². The average molecular weight is 399 g/mol. The van der Waals surface area contributed by atoms with E-state index in [2.05, 4.69) is 15.3 Å². The van der Waals surface area contributed by atoms with Gasteiger partial charge in [-0.3, -0.25) is 14.2 Å². The van der Waals surface area contributed by atoms with E-state index in [-0.39, 0.29) is 11.5 Å². The molecule has 0 fully saturated rings. The standard InChI is InChI=1S/C19H15ClN4O2S/c1-2-14(17(25)23-12-6-3-5-11(20)9-12)24-10-22-15-13-7-4-8-21-18(13)27-16(15)19(24)26/h3-10,14H,2H2,1H3,(H,23,25)/t14-/m0/s1. The lowest BCUT2D eigenvalue weighted by Crippen LogP contribution is -2.33. The van der Waals surface area contributed by atoms with Crippen molar-refractivity contribution < 1.29 is 4.79 Å². The van der Waals surface area contributed by atoms with Crippen LogP contribution >= 0.6 is 22.9 Å². The van der Waals surface area contributed by atoms with Crippen LogP contribution in [0, 0.1) is 0 Å². The SMILES string of the molecule is CC[C@@H](C(=O)Nc1cccc(Cl)c1)n1cnc2c(sc3ncccc32)c1=O. The van der Waals surface area contributed by atoms with Crippen LogP contribution in [0.4, 0.5) is 5.69 Å². The normalized spacial score (nSPS) is 12.4. The topological polar surface area (TPSA) is 76.9 Å². The van der Waals surface area contributed by atoms with Gasteiger partial charge < -0.3 is 5.32 Å². The molecule has 3 heterocycles. The lowest BCUT2D eigenvalue weighted by molar-refractivity contribution is -0.119. The predicted octanol–water partition coefficient (Wildman–Crippen LogP) is 4.25. The summed E-state index contributed by atoms with van der Waals surface area (Å²) in [5.41, 5.74) is 0.963. The van der Waals surface area contributed by atoms with E-state index in [0.29, 0.717) is 27.3 Å². The van der Waals surface area contributed by atoms with Crippen molar-refractivity contribution in [2.45, 2.75) is 19.4 Å². The lowest BCUT2D eigenvalue weighted by atomic mass is 10.2. The maximum Gasteiger partial charge on any atom is 0.272 e. The van der Waals surface area contributed by atoms with Crippen molar-refractivity contribution in [3.05, 3.63) is 64.3 Å². The van der Waals surface area contributed by atoms with Gasteiger partial charge in [-0.1, -0.05) is 24.6 Å². The summed E-state index contributed by atoms with van der Waals surface area (Å²) in [5, 5.41) is 4.19. The zero-order valence-corrected chi connectivity index (χ0v) is 15.9. The number of anilines is 1. The number of amides is 1. The van der Waals surface area contributed by atoms with E-state index in [0.717, 1.165) is 10.2 Å². The molecule has 3 aromatic heterocycles. The number of carbonyl (C=O) groups excluding carboxylic acids is 1. The van der Waals surface area contributed by atoms with Crippen LogP contribution in [-0.2, 0) is 4.79 Å². The van der Waals surface area contributed by atoms with Crippen molar-refractivity contribution in [1.82, 2.24) is 14.5 Å². The van der Waals surface area contributed by atoms with E-state index in [1.165, 1.54) is 22.2 Å². The first-order chi connectivity index (χ1) is 13.1. The fraction of sp³-hybridized carbons (Fsp3) is 0.158. The summed E-state index contributed by atoms with van der Waals surface area (Å²) in [6, 6.07) is 9.92. The Balaban J connectivity index is 1.74. The number of fused-ring (bicyclic) bond motifs is 3. The van der Waals surface area contributed by atoms with Crippen LogP contribution in [-0.4, -0.2) is 20.4 Å². The number of thiophene rings is 1. The Morgan fingerprint density at radius 1 is 1.30 bits per heavy atom. The molecule has 0 bridgehead atoms. The molecule has 4 rings (SSSR count). The Morgan fingerprint density at radius 3 is 2.93 bits per heavy atom. The molecule has 4 aromatic rings. The highest BCUT2D eigenvalue weighted by atomic mass is 35.5. The van der Waals surface area contributed by atoms with Crippen molar-refractivity contribution in [3.8, 4) is 0 Å². The smallest absolute Gasteiger partial charge is 0.272 e. The number of aromatic nitrogens is 3. The van der Waals surface area contributed by atoms with Crippen molar-refractivity contribution in [2.75, 3.05) is 5.32 Å². The molecule has 1 aromatic carbocycles. The lowest BCUT2D eigenvalue weighted by Gasteiger charge is -2.17. The van der Waals surface area contributed by atoms with E-state index in [9.17, 15) is 9.59 Å². The van der Waals surface area contributed by atoms with Crippen LogP contribution in [0.15, 0.2) is 53.7 Å². The monoisotopic (exact) mass is 398 g/mol. The molecule has 27 heavy (non-hydrogen) atoms. The van der Waals surface area contributed by atoms with Gasteiger partial charge in [-0.2, -0.15) is 0 Å². The highest BCUT2D eigenvalue weighted by Gasteiger charge is 2.22. The molecular formula is C19H15ClN4O2S. The van der Waals surface area contributed by atoms with Gasteiger partial charge in [0.15, 0.2) is 0 Å². The zero-order valence-electron chi connectivity index (χ0n) is 14.3. The number of pyridine rings is 1. The molecule has 0 saturated heterocycles. The molecule has 8 heteroatoms. The molecule has 1 atom stereocenters. The van der Waals surface area contributed by atoms with Crippen molar-refractivity contribution in [2.24, 2.45) is 0 Å². The molecule has 6 nitrogen and oxygen atoms in total. The summed E-state index contributed by atoms with van der Waals surface area (Å²) >= 11 is 7.26. The first kappa shape index (κ1) is 17.6. The van der Waals surface area contributed by atoms with Crippen LogP contribution in [0.3, 0.4) is 0 Å². The molecule has 1 amide bonds. The number of nitrogens with one attached hydrogen (secondary N) is 1. The van der Waals surface area contributed by atoms with Crippen molar-refractivity contribution in [3.63, 3.8) is 0 Å². The van der Waals surface area contributed by atoms with Gasteiger partial charge in [0, 0.05) is 22.3 Å². The molecule has 1 N–H and O–H groups in total. The Hall–Kier alpha value is -2.77. The van der Waals surface area contributed by atoms with Gasteiger partial charge in [-0.05, 0) is 36.8 Å². The number of halogens is 1. The van der Waals surface area contributed by atoms with Gasteiger partial charge in [-0.15, -0.1) is 11.3 Å². The largest absolute Gasteiger partial charge is 0.324 e. The van der Waals surface area contributed by atoms with Crippen LogP contribution < -0.4 is 10.9 Å². The number of benzene rings is 1. The quantitative estimate of drug-likeness (QED) is 0.557. The number of hydrogen-bond donors (Lipinski definition) is 1. The zero-order chi connectivity index (χ0) is 19.0. The summed E-state index contributed by atoms with van der Waals surface area (Å²) in [7, 11) is 0. The van der Waals surface area contributed by atoms with E-state index in [4.69, 9.17) is 11.6 Å². The van der Waals surface area contributed by atoms with E-state index in [1.807, 2.05) is 19.1 Å². The molecule has 0 saturated carbocycles. The van der Waals surface area contributed by atoms with Gasteiger partial charge >= 0.3 is 0 Å². The minimum atomic E-state index is -0.674. The van der Waals surface area contributed by atoms with Gasteiger partial charge in [0.1, 0.15) is 15.6 Å². The Kier molecular flexibility index (Phi) is 4.63. The summed E-state index contributed by atoms with van der Waals surface area (Å²) in [4.78, 5) is 35.3. The minimum absolute atomic E-state index is 0.240. The minimum Gasteiger partial charge on any atom is -0.324 e. The number of carbonyl (C=O) groups is 1. The third kappa shape index (κ3) is 3.20. The Bertz CT molecular complexity index is 1220. The highest BCUT2D eigenvalue weighted by Crippen LogP contribution is 2.28. The second kappa shape index (κ2) is 7.09. The first-order valence-corrected chi connectivity index (χ1v) is 9.58. The van der Waals surface area contributed by atoms with Gasteiger partial charge in [-0.25, -0.2) is 9.97 Å². The first-order valence-electron chi connectivity index (χ1n) is 8.39. The third-order valence-corrected chi connectivity index (χ3v) is 5.62. The molecular weight excluding hydrogens is 384 g/mol. The fourth-order valence-corrected chi connectivity index (χ4v) is 4.23. The molecule has 0 radical (unpaired) electrons. The molecule has 0 spiro atoms. The molecule has 0 aliphatic rings. The molecule has 136 valence electrons. The molecule has 0 aliphatic heterocycles. The number of hydrogen-bond acceptors (Lipinski definition) is 5. The summed E-state index contributed by atoms with van der Waals surface area (Å²) in [6.45, 7) is 1.85. The van der Waals surface area contributed by atoms with Crippen LogP contribution in [0.5, 0.6) is 0 Å². The third-order valence-electron chi connectivity index (χ3n) is 4.30. The van der Waals surface area contributed by atoms with Crippen molar-refractivity contribution in [1.29, 1.82) is 0 Å². The highest BCUT2D eigenvalue weighted by molar-refractivity contribution is 7.25. The molecule has 0 unspecified atom stereocenters. The van der Waals surface area contributed by atoms with Gasteiger partial charge in [0.2, 0.25) is 5.91 Å². The number of nitrogens with zero attached hydrogens (tertiary/aromatic N) is 3. The summed E-state index contributed by atoms with van der Waals surface area (Å²) in [6.07, 6.45) is 3.57. The maximum absolute atomic E-state index is 13.0. The molecule has 0 aliphatic carbocycles. The second-order valence-corrected chi connectivity index (χ2v) is 7.45. The van der Waals surface area contributed by atoms with Gasteiger partial charge in [0.25, 0.3) is 5.56 Å². The van der Waals surface area contributed by atoms with Crippen molar-refractivity contribution >= 4 is 55.0 Å². The summed E-state index contributed by atoms with van der Waals surface area (Å²) < 4.78 is 1.89. The average Bonchev–Trinajstić information content (AvgIpc) is 3.04. The van der Waals surface area contributed by atoms with E-state index >= 15 is 0 Å². The fourth-order valence-electron chi connectivity index (χ4n) is 3.00. The van der Waals surface area contributed by atoms with Crippen LogP contribution in [0.25, 0.3) is 20.4 Å².